The van der Waals surface area contributed by atoms with Crippen molar-refractivity contribution in [2.45, 2.75) is 43.9 Å². The molecule has 0 aliphatic heterocycles. The summed E-state index contributed by atoms with van der Waals surface area (Å²) in [6, 6.07) is 8.16. The number of fused-ring (bicyclic) bond motifs is 3. The average Bonchev–Trinajstić information content (AvgIpc) is 2.79. The van der Waals surface area contributed by atoms with Crippen molar-refractivity contribution in [3.63, 3.8) is 0 Å². The van der Waals surface area contributed by atoms with E-state index in [1.165, 1.54) is 5.56 Å². The van der Waals surface area contributed by atoms with Crippen LogP contribution < -0.4 is 10.5 Å². The molecule has 0 aromatic heterocycles. The van der Waals surface area contributed by atoms with Crippen LogP contribution in [-0.4, -0.2) is 51.3 Å². The van der Waals surface area contributed by atoms with E-state index in [4.69, 9.17) is 15.2 Å². The van der Waals surface area contributed by atoms with Crippen LogP contribution in [0.15, 0.2) is 36.2 Å². The van der Waals surface area contributed by atoms with Gasteiger partial charge in [-0.1, -0.05) is 12.1 Å². The van der Waals surface area contributed by atoms with Gasteiger partial charge in [0.2, 0.25) is 5.91 Å². The molecule has 3 fully saturated rings. The van der Waals surface area contributed by atoms with Gasteiger partial charge in [-0.25, -0.2) is 4.39 Å². The van der Waals surface area contributed by atoms with Gasteiger partial charge in [0.05, 0.1) is 12.9 Å². The fraction of sp³-hybridized carbons (Fsp3) is 0.609. The number of rotatable bonds is 9. The second kappa shape index (κ2) is 9.26. The zero-order chi connectivity index (χ0) is 20.9. The third-order valence-corrected chi connectivity index (χ3v) is 6.98. The van der Waals surface area contributed by atoms with Crippen LogP contribution in [-0.2, 0) is 14.9 Å². The molecule has 6 heteroatoms. The van der Waals surface area contributed by atoms with Crippen molar-refractivity contribution < 1.29 is 18.7 Å². The summed E-state index contributed by atoms with van der Waals surface area (Å²) in [4.78, 5) is 14.9. The number of ether oxygens (including phenoxy) is 2. The van der Waals surface area contributed by atoms with Crippen LogP contribution >= 0.6 is 0 Å². The number of nitrogens with zero attached hydrogens (tertiary/aromatic N) is 1. The predicted molar refractivity (Wildman–Crippen MR) is 112 cm³/mol. The van der Waals surface area contributed by atoms with Crippen LogP contribution in [0.4, 0.5) is 4.39 Å². The minimum Gasteiger partial charge on any atom is -0.489 e. The number of carbonyl (C=O) groups is 1. The lowest BCUT2D eigenvalue weighted by Crippen LogP contribution is -2.52. The molecule has 0 atom stereocenters. The maximum atomic E-state index is 13.1. The molecule has 1 amide bonds. The van der Waals surface area contributed by atoms with E-state index >= 15 is 0 Å². The van der Waals surface area contributed by atoms with Crippen LogP contribution in [0.2, 0.25) is 0 Å². The summed E-state index contributed by atoms with van der Waals surface area (Å²) < 4.78 is 23.4. The maximum Gasteiger partial charge on any atom is 0.228 e. The third-order valence-electron chi connectivity index (χ3n) is 6.98. The van der Waals surface area contributed by atoms with Crippen molar-refractivity contribution >= 4 is 5.91 Å². The Morgan fingerprint density at radius 3 is 2.31 bits per heavy atom. The average molecular weight is 405 g/mol. The molecule has 5 nitrogen and oxygen atoms in total. The zero-order valence-corrected chi connectivity index (χ0v) is 17.6. The molecule has 0 spiro atoms. The summed E-state index contributed by atoms with van der Waals surface area (Å²) in [6.45, 7) is 1.54. The van der Waals surface area contributed by atoms with Crippen molar-refractivity contribution in [3.05, 3.63) is 41.7 Å². The van der Waals surface area contributed by atoms with Crippen molar-refractivity contribution in [3.8, 4) is 5.75 Å². The number of benzene rings is 1. The van der Waals surface area contributed by atoms with Gasteiger partial charge in [-0.2, -0.15) is 0 Å². The van der Waals surface area contributed by atoms with E-state index in [9.17, 15) is 9.18 Å². The molecule has 29 heavy (non-hydrogen) atoms. The van der Waals surface area contributed by atoms with Gasteiger partial charge in [-0.15, -0.1) is 0 Å². The van der Waals surface area contributed by atoms with Crippen LogP contribution in [0.3, 0.4) is 0 Å². The quantitative estimate of drug-likeness (QED) is 0.683. The van der Waals surface area contributed by atoms with E-state index in [1.807, 2.05) is 24.1 Å². The molecule has 3 aliphatic carbocycles. The SMILES string of the molecule is COCCN(C)C(=O)C12CCC(c3ccc(OCC(=CF)CN)cc3)(CC1)CC2. The molecule has 1 aromatic carbocycles. The molecule has 0 saturated heterocycles. The van der Waals surface area contributed by atoms with Crippen molar-refractivity contribution in [2.24, 2.45) is 11.1 Å². The van der Waals surface area contributed by atoms with Gasteiger partial charge in [0.15, 0.2) is 0 Å². The number of hydrogen-bond donors (Lipinski definition) is 1. The first-order chi connectivity index (χ1) is 14.0. The minimum atomic E-state index is -0.190. The van der Waals surface area contributed by atoms with Gasteiger partial charge in [0.1, 0.15) is 12.4 Å². The molecule has 0 radical (unpaired) electrons. The van der Waals surface area contributed by atoms with E-state index in [1.54, 1.807) is 7.11 Å². The fourth-order valence-electron chi connectivity index (χ4n) is 4.89. The molecule has 2 bridgehead atoms. The lowest BCUT2D eigenvalue weighted by Gasteiger charge is -2.53. The van der Waals surface area contributed by atoms with Crippen LogP contribution in [0, 0.1) is 5.41 Å². The first-order valence-electron chi connectivity index (χ1n) is 10.4. The molecule has 1 aromatic rings. The summed E-state index contributed by atoms with van der Waals surface area (Å²) in [6.07, 6.45) is 6.47. The zero-order valence-electron chi connectivity index (χ0n) is 17.6. The first-order valence-corrected chi connectivity index (χ1v) is 10.4. The van der Waals surface area contributed by atoms with Crippen LogP contribution in [0.5, 0.6) is 5.75 Å². The maximum absolute atomic E-state index is 13.1. The summed E-state index contributed by atoms with van der Waals surface area (Å²) in [7, 11) is 3.55. The summed E-state index contributed by atoms with van der Waals surface area (Å²) in [5.74, 6) is 0.997. The van der Waals surface area contributed by atoms with E-state index in [2.05, 4.69) is 12.1 Å². The molecule has 3 aliphatic rings. The Bertz CT molecular complexity index is 708. The van der Waals surface area contributed by atoms with Crippen molar-refractivity contribution in [1.29, 1.82) is 0 Å². The third kappa shape index (κ3) is 4.48. The number of methoxy groups -OCH3 is 1. The van der Waals surface area contributed by atoms with Gasteiger partial charge < -0.3 is 20.1 Å². The van der Waals surface area contributed by atoms with Crippen molar-refractivity contribution in [1.82, 2.24) is 4.90 Å². The Kier molecular flexibility index (Phi) is 6.96. The molecule has 0 heterocycles. The monoisotopic (exact) mass is 404 g/mol. The molecule has 0 unspecified atom stereocenters. The van der Waals surface area contributed by atoms with E-state index in [0.29, 0.717) is 30.8 Å². The lowest BCUT2D eigenvalue weighted by atomic mass is 9.51. The molecule has 160 valence electrons. The number of likely N-dealkylation sites (N-methyl/N-ethyl adjacent to an activating group) is 1. The number of hydrogen-bond acceptors (Lipinski definition) is 4. The van der Waals surface area contributed by atoms with Crippen LogP contribution in [0.25, 0.3) is 0 Å². The summed E-state index contributed by atoms with van der Waals surface area (Å²) in [5.41, 5.74) is 7.18. The Balaban J connectivity index is 1.62. The Morgan fingerprint density at radius 2 is 1.79 bits per heavy atom. The van der Waals surface area contributed by atoms with Crippen molar-refractivity contribution in [2.75, 3.05) is 40.5 Å². The van der Waals surface area contributed by atoms with E-state index in [0.717, 1.165) is 38.5 Å². The smallest absolute Gasteiger partial charge is 0.228 e. The standard InChI is InChI=1S/C23H33FN2O3/c1-26(13-14-28-2)21(27)23-10-7-22(8-11-23,9-12-23)19-3-5-20(6-4-19)29-17-18(15-24)16-25/h3-6,15H,7-14,16-17,25H2,1-2H3. The molecule has 2 N–H and O–H groups in total. The summed E-state index contributed by atoms with van der Waals surface area (Å²) in [5, 5.41) is 0. The summed E-state index contributed by atoms with van der Waals surface area (Å²) >= 11 is 0. The van der Waals surface area contributed by atoms with E-state index in [-0.39, 0.29) is 29.9 Å². The second-order valence-electron chi connectivity index (χ2n) is 8.56. The Hall–Kier alpha value is -1.92. The fourth-order valence-corrected chi connectivity index (χ4v) is 4.89. The topological polar surface area (TPSA) is 64.8 Å². The lowest BCUT2D eigenvalue weighted by molar-refractivity contribution is -0.148. The minimum absolute atomic E-state index is 0.152. The van der Waals surface area contributed by atoms with Crippen LogP contribution in [0.1, 0.15) is 44.1 Å². The van der Waals surface area contributed by atoms with Gasteiger partial charge in [-0.05, 0) is 61.6 Å². The highest BCUT2D eigenvalue weighted by Gasteiger charge is 2.53. The highest BCUT2D eigenvalue weighted by atomic mass is 19.1. The van der Waals surface area contributed by atoms with E-state index < -0.39 is 0 Å². The first kappa shape index (κ1) is 21.8. The van der Waals surface area contributed by atoms with Gasteiger partial charge in [0.25, 0.3) is 0 Å². The Morgan fingerprint density at radius 1 is 1.17 bits per heavy atom. The predicted octanol–water partition coefficient (Wildman–Crippen LogP) is 3.57. The van der Waals surface area contributed by atoms with Gasteiger partial charge in [0, 0.05) is 38.2 Å². The number of halogens is 1. The number of amides is 1. The molecular weight excluding hydrogens is 371 g/mol. The highest BCUT2D eigenvalue weighted by molar-refractivity contribution is 5.83. The van der Waals surface area contributed by atoms with Gasteiger partial charge >= 0.3 is 0 Å². The molecule has 3 saturated carbocycles. The largest absolute Gasteiger partial charge is 0.489 e. The normalized spacial score (nSPS) is 26.4. The van der Waals surface area contributed by atoms with Gasteiger partial charge in [-0.3, -0.25) is 4.79 Å². The molecule has 4 rings (SSSR count). The number of nitrogens with two attached hydrogens (primary N) is 1. The molecular formula is C23H33FN2O3. The second-order valence-corrected chi connectivity index (χ2v) is 8.56. The Labute approximate surface area is 173 Å². The highest BCUT2D eigenvalue weighted by Crippen LogP contribution is 2.58. The number of carbonyl (C=O) groups excluding carboxylic acids is 1.